The molecule has 2 aromatic rings. The van der Waals surface area contributed by atoms with Gasteiger partial charge < -0.3 is 5.32 Å². The van der Waals surface area contributed by atoms with Crippen LogP contribution < -0.4 is 5.32 Å². The van der Waals surface area contributed by atoms with E-state index in [2.05, 4.69) is 38.3 Å². The number of likely N-dealkylation sites (tertiary alicyclic amines) is 1. The van der Waals surface area contributed by atoms with Gasteiger partial charge in [0.1, 0.15) is 0 Å². The summed E-state index contributed by atoms with van der Waals surface area (Å²) in [5, 5.41) is 2.97. The molecule has 0 unspecified atom stereocenters. The Bertz CT molecular complexity index is 719. The number of aryl methyl sites for hydroxylation is 1. The van der Waals surface area contributed by atoms with Crippen molar-refractivity contribution in [3.8, 4) is 0 Å². The van der Waals surface area contributed by atoms with Gasteiger partial charge in [0, 0.05) is 22.3 Å². The van der Waals surface area contributed by atoms with Crippen LogP contribution in [0.3, 0.4) is 0 Å². The number of hydrogen-bond acceptors (Lipinski definition) is 2. The van der Waals surface area contributed by atoms with E-state index in [4.69, 9.17) is 0 Å². The molecule has 0 aromatic heterocycles. The average molecular weight is 401 g/mol. The number of halogens is 1. The number of nitrogens with zero attached hydrogens (tertiary/aromatic N) is 1. The zero-order valence-electron chi connectivity index (χ0n) is 14.7. The monoisotopic (exact) mass is 400 g/mol. The molecule has 132 valence electrons. The summed E-state index contributed by atoms with van der Waals surface area (Å²) in [6, 6.07) is 13.8. The SMILES string of the molecule is Cc1cc(NC(=O)c2ccc(CN3CCCCCC3)cc2)ccc1Br. The second-order valence-corrected chi connectivity index (χ2v) is 7.66. The maximum atomic E-state index is 12.4. The highest BCUT2D eigenvalue weighted by Gasteiger charge is 2.11. The second kappa shape index (κ2) is 8.63. The fourth-order valence-electron chi connectivity index (χ4n) is 3.24. The predicted octanol–water partition coefficient (Wildman–Crippen LogP) is 5.39. The lowest BCUT2D eigenvalue weighted by molar-refractivity contribution is 0.102. The fraction of sp³-hybridized carbons (Fsp3) is 0.381. The molecule has 1 saturated heterocycles. The second-order valence-electron chi connectivity index (χ2n) is 6.81. The van der Waals surface area contributed by atoms with E-state index in [0.29, 0.717) is 5.56 Å². The molecule has 1 amide bonds. The van der Waals surface area contributed by atoms with Crippen LogP contribution in [0, 0.1) is 6.92 Å². The number of nitrogens with one attached hydrogen (secondary N) is 1. The molecular weight excluding hydrogens is 376 g/mol. The van der Waals surface area contributed by atoms with Crippen molar-refractivity contribution < 1.29 is 4.79 Å². The lowest BCUT2D eigenvalue weighted by Crippen LogP contribution is -2.24. The summed E-state index contributed by atoms with van der Waals surface area (Å²) in [5.74, 6) is -0.0666. The highest BCUT2D eigenvalue weighted by Crippen LogP contribution is 2.21. The maximum Gasteiger partial charge on any atom is 0.255 e. The van der Waals surface area contributed by atoms with Gasteiger partial charge in [-0.05, 0) is 74.3 Å². The van der Waals surface area contributed by atoms with E-state index in [-0.39, 0.29) is 5.91 Å². The number of carbonyl (C=O) groups excluding carboxylic acids is 1. The van der Waals surface area contributed by atoms with Gasteiger partial charge in [-0.2, -0.15) is 0 Å². The van der Waals surface area contributed by atoms with E-state index in [1.54, 1.807) is 0 Å². The molecule has 3 rings (SSSR count). The number of amides is 1. The van der Waals surface area contributed by atoms with Crippen LogP contribution in [0.2, 0.25) is 0 Å². The molecule has 2 aromatic carbocycles. The van der Waals surface area contributed by atoms with Crippen LogP contribution in [0.5, 0.6) is 0 Å². The zero-order chi connectivity index (χ0) is 17.6. The third kappa shape index (κ3) is 5.16. The van der Waals surface area contributed by atoms with Gasteiger partial charge in [0.2, 0.25) is 0 Å². The predicted molar refractivity (Wildman–Crippen MR) is 107 cm³/mol. The van der Waals surface area contributed by atoms with Gasteiger partial charge in [-0.3, -0.25) is 9.69 Å². The fourth-order valence-corrected chi connectivity index (χ4v) is 3.49. The number of benzene rings is 2. The normalized spacial score (nSPS) is 15.6. The van der Waals surface area contributed by atoms with Gasteiger partial charge in [-0.1, -0.05) is 40.9 Å². The number of hydrogen-bond donors (Lipinski definition) is 1. The zero-order valence-corrected chi connectivity index (χ0v) is 16.3. The standard InChI is InChI=1S/C21H25BrN2O/c1-16-14-19(10-11-20(16)22)23-21(25)18-8-6-17(7-9-18)15-24-12-4-2-3-5-13-24/h6-11,14H,2-5,12-13,15H2,1H3,(H,23,25). The van der Waals surface area contributed by atoms with Gasteiger partial charge in [0.15, 0.2) is 0 Å². The minimum absolute atomic E-state index is 0.0666. The van der Waals surface area contributed by atoms with Gasteiger partial charge >= 0.3 is 0 Å². The molecule has 0 aliphatic carbocycles. The van der Waals surface area contributed by atoms with Crippen LogP contribution in [0.4, 0.5) is 5.69 Å². The first-order valence-electron chi connectivity index (χ1n) is 9.00. The van der Waals surface area contributed by atoms with Crippen LogP contribution in [0.25, 0.3) is 0 Å². The Kier molecular flexibility index (Phi) is 6.27. The summed E-state index contributed by atoms with van der Waals surface area (Å²) in [6.07, 6.45) is 5.30. The smallest absolute Gasteiger partial charge is 0.255 e. The maximum absolute atomic E-state index is 12.4. The third-order valence-electron chi connectivity index (χ3n) is 4.74. The van der Waals surface area contributed by atoms with Crippen LogP contribution >= 0.6 is 15.9 Å². The Morgan fingerprint density at radius 2 is 1.72 bits per heavy atom. The van der Waals surface area contributed by atoms with E-state index in [1.807, 2.05) is 37.3 Å². The van der Waals surface area contributed by atoms with Crippen molar-refractivity contribution in [2.45, 2.75) is 39.2 Å². The van der Waals surface area contributed by atoms with Crippen molar-refractivity contribution in [3.05, 3.63) is 63.6 Å². The summed E-state index contributed by atoms with van der Waals surface area (Å²) >= 11 is 3.48. The van der Waals surface area contributed by atoms with Crippen molar-refractivity contribution in [2.75, 3.05) is 18.4 Å². The lowest BCUT2D eigenvalue weighted by Gasteiger charge is -2.19. The van der Waals surface area contributed by atoms with Crippen LogP contribution in [-0.4, -0.2) is 23.9 Å². The van der Waals surface area contributed by atoms with Gasteiger partial charge in [-0.15, -0.1) is 0 Å². The summed E-state index contributed by atoms with van der Waals surface area (Å²) in [5.41, 5.74) is 3.89. The van der Waals surface area contributed by atoms with E-state index < -0.39 is 0 Å². The first-order valence-corrected chi connectivity index (χ1v) is 9.80. The Morgan fingerprint density at radius 3 is 2.36 bits per heavy atom. The van der Waals surface area contributed by atoms with Crippen LogP contribution in [-0.2, 0) is 6.54 Å². The third-order valence-corrected chi connectivity index (χ3v) is 5.63. The number of rotatable bonds is 4. The van der Waals surface area contributed by atoms with Crippen molar-refractivity contribution >= 4 is 27.5 Å². The van der Waals surface area contributed by atoms with Crippen molar-refractivity contribution in [1.82, 2.24) is 4.90 Å². The highest BCUT2D eigenvalue weighted by molar-refractivity contribution is 9.10. The summed E-state index contributed by atoms with van der Waals surface area (Å²) in [6.45, 7) is 5.36. The number of anilines is 1. The average Bonchev–Trinajstić information content (AvgIpc) is 2.87. The molecule has 0 spiro atoms. The number of carbonyl (C=O) groups is 1. The highest BCUT2D eigenvalue weighted by atomic mass is 79.9. The first kappa shape index (κ1) is 18.2. The van der Waals surface area contributed by atoms with E-state index >= 15 is 0 Å². The quantitative estimate of drug-likeness (QED) is 0.746. The van der Waals surface area contributed by atoms with Gasteiger partial charge in [0.25, 0.3) is 5.91 Å². The molecule has 1 fully saturated rings. The molecule has 4 heteroatoms. The molecule has 25 heavy (non-hydrogen) atoms. The first-order chi connectivity index (χ1) is 12.1. The Labute approximate surface area is 158 Å². The minimum Gasteiger partial charge on any atom is -0.322 e. The lowest BCUT2D eigenvalue weighted by atomic mass is 10.1. The Hall–Kier alpha value is -1.65. The molecule has 1 heterocycles. The molecule has 1 aliphatic rings. The van der Waals surface area contributed by atoms with Gasteiger partial charge in [-0.25, -0.2) is 0 Å². The summed E-state index contributed by atoms with van der Waals surface area (Å²) in [7, 11) is 0. The molecule has 3 nitrogen and oxygen atoms in total. The Balaban J connectivity index is 1.60. The minimum atomic E-state index is -0.0666. The van der Waals surface area contributed by atoms with Crippen molar-refractivity contribution in [2.24, 2.45) is 0 Å². The largest absolute Gasteiger partial charge is 0.322 e. The summed E-state index contributed by atoms with van der Waals surface area (Å²) in [4.78, 5) is 14.9. The van der Waals surface area contributed by atoms with E-state index in [0.717, 1.165) is 22.3 Å². The Morgan fingerprint density at radius 1 is 1.04 bits per heavy atom. The van der Waals surface area contributed by atoms with Crippen molar-refractivity contribution in [3.63, 3.8) is 0 Å². The summed E-state index contributed by atoms with van der Waals surface area (Å²) < 4.78 is 1.04. The van der Waals surface area contributed by atoms with Gasteiger partial charge in [0.05, 0.1) is 0 Å². The van der Waals surface area contributed by atoms with Crippen LogP contribution in [0.15, 0.2) is 46.9 Å². The van der Waals surface area contributed by atoms with Crippen molar-refractivity contribution in [1.29, 1.82) is 0 Å². The van der Waals surface area contributed by atoms with E-state index in [1.165, 1.54) is 44.3 Å². The van der Waals surface area contributed by atoms with Crippen LogP contribution in [0.1, 0.15) is 47.2 Å². The molecule has 1 aliphatic heterocycles. The topological polar surface area (TPSA) is 32.3 Å². The molecular formula is C21H25BrN2O. The molecule has 0 bridgehead atoms. The molecule has 0 saturated carbocycles. The molecule has 1 N–H and O–H groups in total. The van der Waals surface area contributed by atoms with E-state index in [9.17, 15) is 4.79 Å². The molecule has 0 radical (unpaired) electrons. The molecule has 0 atom stereocenters.